The molecule has 25 heavy (non-hydrogen) atoms. The molecule has 2 unspecified atom stereocenters. The van der Waals surface area contributed by atoms with E-state index in [1.54, 1.807) is 0 Å². The summed E-state index contributed by atoms with van der Waals surface area (Å²) >= 11 is 0. The molecule has 4 nitrogen and oxygen atoms in total. The molecule has 1 amide bonds. The third-order valence-electron chi connectivity index (χ3n) is 5.49. The first kappa shape index (κ1) is 22.2. The van der Waals surface area contributed by atoms with Crippen molar-refractivity contribution in [3.8, 4) is 0 Å². The SMILES string of the molecule is CC1(CN)CCN(C(=O)C2CCCCN2Cc2ccccc2)C1.Cl.Cl. The van der Waals surface area contributed by atoms with Crippen LogP contribution < -0.4 is 5.73 Å². The van der Waals surface area contributed by atoms with E-state index in [4.69, 9.17) is 5.73 Å². The number of nitrogens with zero attached hydrogens (tertiary/aromatic N) is 2. The number of halogens is 2. The predicted molar refractivity (Wildman–Crippen MR) is 107 cm³/mol. The van der Waals surface area contributed by atoms with E-state index in [0.717, 1.165) is 45.4 Å². The second-order valence-electron chi connectivity index (χ2n) is 7.49. The number of rotatable bonds is 4. The summed E-state index contributed by atoms with van der Waals surface area (Å²) in [6.45, 7) is 6.44. The number of carbonyl (C=O) groups excluding carboxylic acids is 1. The van der Waals surface area contributed by atoms with Crippen LogP contribution in [0.15, 0.2) is 30.3 Å². The molecule has 0 bridgehead atoms. The molecular weight excluding hydrogens is 357 g/mol. The van der Waals surface area contributed by atoms with Crippen LogP contribution in [0, 0.1) is 5.41 Å². The van der Waals surface area contributed by atoms with Crippen LogP contribution >= 0.6 is 24.8 Å². The van der Waals surface area contributed by atoms with Crippen molar-refractivity contribution in [3.63, 3.8) is 0 Å². The van der Waals surface area contributed by atoms with Crippen molar-refractivity contribution >= 4 is 30.7 Å². The number of hydrogen-bond acceptors (Lipinski definition) is 3. The molecule has 0 spiro atoms. The Morgan fingerprint density at radius 1 is 1.20 bits per heavy atom. The van der Waals surface area contributed by atoms with E-state index in [-0.39, 0.29) is 36.3 Å². The van der Waals surface area contributed by atoms with Gasteiger partial charge in [-0.1, -0.05) is 43.7 Å². The average Bonchev–Trinajstić information content (AvgIpc) is 2.99. The van der Waals surface area contributed by atoms with Crippen molar-refractivity contribution in [1.29, 1.82) is 0 Å². The Balaban J connectivity index is 0.00000156. The van der Waals surface area contributed by atoms with E-state index < -0.39 is 0 Å². The monoisotopic (exact) mass is 387 g/mol. The van der Waals surface area contributed by atoms with Gasteiger partial charge < -0.3 is 10.6 Å². The van der Waals surface area contributed by atoms with Crippen molar-refractivity contribution in [1.82, 2.24) is 9.80 Å². The minimum atomic E-state index is 0. The molecule has 2 saturated heterocycles. The lowest BCUT2D eigenvalue weighted by Crippen LogP contribution is -2.50. The molecule has 0 saturated carbocycles. The van der Waals surface area contributed by atoms with Crippen molar-refractivity contribution in [2.24, 2.45) is 11.1 Å². The number of hydrogen-bond donors (Lipinski definition) is 1. The summed E-state index contributed by atoms with van der Waals surface area (Å²) in [7, 11) is 0. The van der Waals surface area contributed by atoms with Crippen LogP contribution in [-0.2, 0) is 11.3 Å². The standard InChI is InChI=1S/C19H29N3O.2ClH/c1-19(14-20)10-12-22(15-19)18(23)17-9-5-6-11-21(17)13-16-7-3-2-4-8-16;;/h2-4,7-8,17H,5-6,9-15,20H2,1H3;2*1H. The smallest absolute Gasteiger partial charge is 0.239 e. The van der Waals surface area contributed by atoms with Crippen LogP contribution in [0.5, 0.6) is 0 Å². The Hall–Kier alpha value is -0.810. The van der Waals surface area contributed by atoms with Gasteiger partial charge in [0.25, 0.3) is 0 Å². The number of piperidine rings is 1. The Bertz CT molecular complexity index is 543. The molecule has 3 rings (SSSR count). The molecular formula is C19H31Cl2N3O. The van der Waals surface area contributed by atoms with Gasteiger partial charge in [-0.2, -0.15) is 0 Å². The van der Waals surface area contributed by atoms with Gasteiger partial charge in [-0.25, -0.2) is 0 Å². The van der Waals surface area contributed by atoms with Gasteiger partial charge in [0, 0.05) is 19.6 Å². The summed E-state index contributed by atoms with van der Waals surface area (Å²) in [5.74, 6) is 0.317. The van der Waals surface area contributed by atoms with Gasteiger partial charge >= 0.3 is 0 Å². The summed E-state index contributed by atoms with van der Waals surface area (Å²) in [5.41, 5.74) is 7.29. The molecule has 2 aliphatic rings. The summed E-state index contributed by atoms with van der Waals surface area (Å²) < 4.78 is 0. The van der Waals surface area contributed by atoms with Gasteiger partial charge in [0.1, 0.15) is 0 Å². The Morgan fingerprint density at radius 2 is 1.92 bits per heavy atom. The minimum absolute atomic E-state index is 0. The van der Waals surface area contributed by atoms with E-state index in [2.05, 4.69) is 41.0 Å². The Kier molecular flexibility index (Phi) is 8.69. The maximum atomic E-state index is 13.0. The topological polar surface area (TPSA) is 49.6 Å². The highest BCUT2D eigenvalue weighted by Crippen LogP contribution is 2.30. The van der Waals surface area contributed by atoms with Crippen molar-refractivity contribution in [3.05, 3.63) is 35.9 Å². The van der Waals surface area contributed by atoms with Gasteiger partial charge in [-0.3, -0.25) is 9.69 Å². The zero-order valence-electron chi connectivity index (χ0n) is 15.0. The molecule has 2 fully saturated rings. The summed E-state index contributed by atoms with van der Waals surface area (Å²) in [6, 6.07) is 10.5. The second kappa shape index (κ2) is 9.77. The van der Waals surface area contributed by atoms with Crippen LogP contribution in [0.2, 0.25) is 0 Å². The highest BCUT2D eigenvalue weighted by molar-refractivity contribution is 5.85. The maximum Gasteiger partial charge on any atom is 0.239 e. The van der Waals surface area contributed by atoms with E-state index in [1.807, 2.05) is 6.07 Å². The Morgan fingerprint density at radius 3 is 2.56 bits per heavy atom. The molecule has 1 aromatic carbocycles. The second-order valence-corrected chi connectivity index (χ2v) is 7.49. The van der Waals surface area contributed by atoms with Gasteiger partial charge in [0.15, 0.2) is 0 Å². The van der Waals surface area contributed by atoms with Crippen molar-refractivity contribution < 1.29 is 4.79 Å². The van der Waals surface area contributed by atoms with Crippen LogP contribution in [0.4, 0.5) is 0 Å². The fourth-order valence-electron chi connectivity index (χ4n) is 3.87. The third-order valence-corrected chi connectivity index (χ3v) is 5.49. The lowest BCUT2D eigenvalue weighted by atomic mass is 9.90. The molecule has 6 heteroatoms. The average molecular weight is 388 g/mol. The summed E-state index contributed by atoms with van der Waals surface area (Å²) in [4.78, 5) is 17.5. The molecule has 2 aliphatic heterocycles. The molecule has 0 aliphatic carbocycles. The van der Waals surface area contributed by atoms with Gasteiger partial charge in [0.05, 0.1) is 6.04 Å². The number of nitrogens with two attached hydrogens (primary N) is 1. The van der Waals surface area contributed by atoms with Crippen LogP contribution in [0.25, 0.3) is 0 Å². The van der Waals surface area contributed by atoms with E-state index in [0.29, 0.717) is 12.5 Å². The highest BCUT2D eigenvalue weighted by atomic mass is 35.5. The molecule has 142 valence electrons. The number of likely N-dealkylation sites (tertiary alicyclic amines) is 2. The van der Waals surface area contributed by atoms with Crippen LogP contribution in [0.3, 0.4) is 0 Å². The lowest BCUT2D eigenvalue weighted by molar-refractivity contribution is -0.137. The van der Waals surface area contributed by atoms with E-state index >= 15 is 0 Å². The van der Waals surface area contributed by atoms with Gasteiger partial charge in [0.2, 0.25) is 5.91 Å². The van der Waals surface area contributed by atoms with Gasteiger partial charge in [-0.15, -0.1) is 24.8 Å². The van der Waals surface area contributed by atoms with Crippen molar-refractivity contribution in [2.45, 2.75) is 45.2 Å². The van der Waals surface area contributed by atoms with Crippen molar-refractivity contribution in [2.75, 3.05) is 26.2 Å². The van der Waals surface area contributed by atoms with Crippen LogP contribution in [0.1, 0.15) is 38.2 Å². The molecule has 0 radical (unpaired) electrons. The quantitative estimate of drug-likeness (QED) is 0.863. The predicted octanol–water partition coefficient (Wildman–Crippen LogP) is 3.08. The fourth-order valence-corrected chi connectivity index (χ4v) is 3.87. The first-order valence-corrected chi connectivity index (χ1v) is 8.88. The van der Waals surface area contributed by atoms with Crippen LogP contribution in [-0.4, -0.2) is 47.9 Å². The van der Waals surface area contributed by atoms with Gasteiger partial charge in [-0.05, 0) is 43.3 Å². The Labute approximate surface area is 163 Å². The normalized spacial score (nSPS) is 26.6. The molecule has 2 heterocycles. The minimum Gasteiger partial charge on any atom is -0.341 e. The third kappa shape index (κ3) is 5.33. The van der Waals surface area contributed by atoms with E-state index in [1.165, 1.54) is 12.0 Å². The molecule has 2 N–H and O–H groups in total. The molecule has 1 aromatic rings. The maximum absolute atomic E-state index is 13.0. The summed E-state index contributed by atoms with van der Waals surface area (Å²) in [5, 5.41) is 0. The molecule has 0 aromatic heterocycles. The number of carbonyl (C=O) groups is 1. The number of amides is 1. The largest absolute Gasteiger partial charge is 0.341 e. The zero-order chi connectivity index (χ0) is 16.3. The first-order valence-electron chi connectivity index (χ1n) is 8.88. The summed E-state index contributed by atoms with van der Waals surface area (Å²) in [6.07, 6.45) is 4.36. The lowest BCUT2D eigenvalue weighted by Gasteiger charge is -2.37. The fraction of sp³-hybridized carbons (Fsp3) is 0.632. The highest BCUT2D eigenvalue weighted by Gasteiger charge is 2.39. The molecule has 2 atom stereocenters. The van der Waals surface area contributed by atoms with E-state index in [9.17, 15) is 4.79 Å². The zero-order valence-corrected chi connectivity index (χ0v) is 16.7. The first-order chi connectivity index (χ1) is 11.1. The number of benzene rings is 1.